The third kappa shape index (κ3) is 3.05. The molecule has 21 heavy (non-hydrogen) atoms. The van der Waals surface area contributed by atoms with Crippen LogP contribution in [-0.4, -0.2) is 37.7 Å². The van der Waals surface area contributed by atoms with Crippen molar-refractivity contribution in [2.24, 2.45) is 17.6 Å². The van der Waals surface area contributed by atoms with Crippen LogP contribution in [0.15, 0.2) is 18.2 Å². The zero-order chi connectivity index (χ0) is 14.8. The Morgan fingerprint density at radius 2 is 2.14 bits per heavy atom. The average molecular weight is 309 g/mol. The van der Waals surface area contributed by atoms with E-state index in [1.807, 2.05) is 13.0 Å². The van der Waals surface area contributed by atoms with E-state index in [1.54, 1.807) is 0 Å². The van der Waals surface area contributed by atoms with Gasteiger partial charge in [0.25, 0.3) is 0 Å². The number of ether oxygens (including phenoxy) is 1. The number of hydrogen-bond acceptors (Lipinski definition) is 3. The van der Waals surface area contributed by atoms with Gasteiger partial charge in [0.05, 0.1) is 11.6 Å². The molecule has 4 rings (SSSR count). The fraction of sp³-hybridized carbons (Fsp3) is 0.647. The standard InChI is InChI=1S/C17H25ClN2O/c1-2-21-17-4-3-13(9-16(17)18)14(10-19)15-11-20-7-5-12(15)6-8-20/h3-4,9,12,14-15H,2,5-8,10-11,19H2,1H3. The van der Waals surface area contributed by atoms with Gasteiger partial charge in [-0.3, -0.25) is 0 Å². The van der Waals surface area contributed by atoms with Gasteiger partial charge in [-0.05, 0) is 68.9 Å². The molecule has 0 radical (unpaired) electrons. The molecule has 116 valence electrons. The summed E-state index contributed by atoms with van der Waals surface area (Å²) in [6.45, 7) is 7.03. The number of hydrogen-bond donors (Lipinski definition) is 1. The van der Waals surface area contributed by atoms with Crippen molar-refractivity contribution in [1.82, 2.24) is 4.90 Å². The molecule has 2 bridgehead atoms. The van der Waals surface area contributed by atoms with Crippen LogP contribution in [0.4, 0.5) is 0 Å². The highest BCUT2D eigenvalue weighted by atomic mass is 35.5. The lowest BCUT2D eigenvalue weighted by Crippen LogP contribution is -2.50. The van der Waals surface area contributed by atoms with Gasteiger partial charge in [-0.25, -0.2) is 0 Å². The molecular weight excluding hydrogens is 284 g/mol. The molecule has 0 aliphatic carbocycles. The Bertz CT molecular complexity index is 486. The summed E-state index contributed by atoms with van der Waals surface area (Å²) in [5.41, 5.74) is 7.39. The maximum Gasteiger partial charge on any atom is 0.137 e. The van der Waals surface area contributed by atoms with Crippen molar-refractivity contribution >= 4 is 11.6 Å². The highest BCUT2D eigenvalue weighted by molar-refractivity contribution is 6.32. The van der Waals surface area contributed by atoms with Crippen LogP contribution in [0.2, 0.25) is 5.02 Å². The van der Waals surface area contributed by atoms with Gasteiger partial charge in [0, 0.05) is 12.5 Å². The second kappa shape index (κ2) is 6.55. The second-order valence-corrected chi connectivity index (χ2v) is 6.67. The molecule has 2 N–H and O–H groups in total. The minimum atomic E-state index is 0.409. The normalized spacial score (nSPS) is 29.4. The summed E-state index contributed by atoms with van der Waals surface area (Å²) in [6.07, 6.45) is 2.65. The molecule has 0 aromatic heterocycles. The van der Waals surface area contributed by atoms with Gasteiger partial charge in [-0.15, -0.1) is 0 Å². The molecule has 3 heterocycles. The van der Waals surface area contributed by atoms with Crippen LogP contribution in [0.5, 0.6) is 5.75 Å². The van der Waals surface area contributed by atoms with E-state index in [4.69, 9.17) is 22.1 Å². The smallest absolute Gasteiger partial charge is 0.137 e. The molecule has 0 saturated carbocycles. The maximum absolute atomic E-state index is 6.35. The Kier molecular flexibility index (Phi) is 4.72. The number of benzene rings is 1. The predicted molar refractivity (Wildman–Crippen MR) is 87.1 cm³/mol. The van der Waals surface area contributed by atoms with Crippen LogP contribution >= 0.6 is 11.6 Å². The molecule has 1 aromatic rings. The fourth-order valence-corrected chi connectivity index (χ4v) is 4.29. The van der Waals surface area contributed by atoms with E-state index in [0.717, 1.165) is 11.7 Å². The lowest BCUT2D eigenvalue weighted by molar-refractivity contribution is 0.0379. The van der Waals surface area contributed by atoms with Crippen molar-refractivity contribution in [3.8, 4) is 5.75 Å². The van der Waals surface area contributed by atoms with Crippen LogP contribution in [0.1, 0.15) is 31.2 Å². The Labute approximate surface area is 132 Å². The van der Waals surface area contributed by atoms with Crippen LogP contribution < -0.4 is 10.5 Å². The maximum atomic E-state index is 6.35. The number of nitrogens with two attached hydrogens (primary N) is 1. The van der Waals surface area contributed by atoms with Crippen LogP contribution in [-0.2, 0) is 0 Å². The van der Waals surface area contributed by atoms with Crippen molar-refractivity contribution in [3.63, 3.8) is 0 Å². The summed E-state index contributed by atoms with van der Waals surface area (Å²) in [5.74, 6) is 2.68. The second-order valence-electron chi connectivity index (χ2n) is 6.27. The first kappa shape index (κ1) is 15.1. The first-order valence-electron chi connectivity index (χ1n) is 8.07. The van der Waals surface area contributed by atoms with Gasteiger partial charge >= 0.3 is 0 Å². The third-order valence-corrected chi connectivity index (χ3v) is 5.46. The molecule has 3 nitrogen and oxygen atoms in total. The summed E-state index contributed by atoms with van der Waals surface area (Å²) in [6, 6.07) is 6.19. The molecule has 3 aliphatic rings. The van der Waals surface area contributed by atoms with E-state index >= 15 is 0 Å². The average Bonchev–Trinajstić information content (AvgIpc) is 2.52. The lowest BCUT2D eigenvalue weighted by Gasteiger charge is -2.47. The molecule has 3 saturated heterocycles. The molecule has 4 heteroatoms. The largest absolute Gasteiger partial charge is 0.492 e. The van der Waals surface area contributed by atoms with Gasteiger partial charge < -0.3 is 15.4 Å². The Morgan fingerprint density at radius 3 is 2.67 bits per heavy atom. The lowest BCUT2D eigenvalue weighted by atomic mass is 9.70. The van der Waals surface area contributed by atoms with E-state index in [9.17, 15) is 0 Å². The van der Waals surface area contributed by atoms with Gasteiger partial charge in [0.1, 0.15) is 5.75 Å². The minimum absolute atomic E-state index is 0.409. The Hall–Kier alpha value is -0.770. The van der Waals surface area contributed by atoms with Crippen LogP contribution in [0, 0.1) is 11.8 Å². The fourth-order valence-electron chi connectivity index (χ4n) is 4.05. The summed E-state index contributed by atoms with van der Waals surface area (Å²) >= 11 is 6.35. The van der Waals surface area contributed by atoms with Crippen molar-refractivity contribution < 1.29 is 4.74 Å². The molecule has 0 spiro atoms. The van der Waals surface area contributed by atoms with Crippen molar-refractivity contribution in [3.05, 3.63) is 28.8 Å². The molecule has 3 fully saturated rings. The van der Waals surface area contributed by atoms with Gasteiger partial charge in [0.2, 0.25) is 0 Å². The zero-order valence-corrected chi connectivity index (χ0v) is 13.5. The van der Waals surface area contributed by atoms with Crippen LogP contribution in [0.25, 0.3) is 0 Å². The van der Waals surface area contributed by atoms with Crippen molar-refractivity contribution in [2.75, 3.05) is 32.8 Å². The summed E-state index contributed by atoms with van der Waals surface area (Å²) in [4.78, 5) is 2.59. The number of nitrogens with zero attached hydrogens (tertiary/aromatic N) is 1. The summed E-state index contributed by atoms with van der Waals surface area (Å²) < 4.78 is 5.53. The topological polar surface area (TPSA) is 38.5 Å². The van der Waals surface area contributed by atoms with E-state index < -0.39 is 0 Å². The quantitative estimate of drug-likeness (QED) is 0.908. The first-order chi connectivity index (χ1) is 10.2. The SMILES string of the molecule is CCOc1ccc(C(CN)C2CN3CCC2CC3)cc1Cl. The van der Waals surface area contributed by atoms with Gasteiger partial charge in [-0.2, -0.15) is 0 Å². The summed E-state index contributed by atoms with van der Waals surface area (Å²) in [5, 5.41) is 0.703. The van der Waals surface area contributed by atoms with E-state index in [2.05, 4.69) is 17.0 Å². The van der Waals surface area contributed by atoms with Crippen molar-refractivity contribution in [1.29, 1.82) is 0 Å². The van der Waals surface area contributed by atoms with Crippen LogP contribution in [0.3, 0.4) is 0 Å². The Balaban J connectivity index is 1.81. The molecule has 2 unspecified atom stereocenters. The monoisotopic (exact) mass is 308 g/mol. The molecule has 3 aliphatic heterocycles. The summed E-state index contributed by atoms with van der Waals surface area (Å²) in [7, 11) is 0. The third-order valence-electron chi connectivity index (χ3n) is 5.16. The van der Waals surface area contributed by atoms with E-state index in [1.165, 1.54) is 38.0 Å². The zero-order valence-electron chi connectivity index (χ0n) is 12.7. The number of halogens is 1. The van der Waals surface area contributed by atoms with E-state index in [0.29, 0.717) is 30.0 Å². The Morgan fingerprint density at radius 1 is 1.38 bits per heavy atom. The van der Waals surface area contributed by atoms with Gasteiger partial charge in [0.15, 0.2) is 0 Å². The predicted octanol–water partition coefficient (Wildman–Crippen LogP) is 3.12. The minimum Gasteiger partial charge on any atom is -0.492 e. The molecule has 1 aromatic carbocycles. The number of piperidine rings is 3. The van der Waals surface area contributed by atoms with Crippen molar-refractivity contribution in [2.45, 2.75) is 25.7 Å². The highest BCUT2D eigenvalue weighted by Gasteiger charge is 2.38. The van der Waals surface area contributed by atoms with Gasteiger partial charge in [-0.1, -0.05) is 17.7 Å². The number of rotatable bonds is 5. The molecule has 0 amide bonds. The number of fused-ring (bicyclic) bond motifs is 3. The van der Waals surface area contributed by atoms with E-state index in [-0.39, 0.29) is 0 Å². The first-order valence-corrected chi connectivity index (χ1v) is 8.45. The highest BCUT2D eigenvalue weighted by Crippen LogP contribution is 2.41. The molecular formula is C17H25ClN2O. The molecule has 2 atom stereocenters.